The van der Waals surface area contributed by atoms with Crippen LogP contribution in [0.1, 0.15) is 25.7 Å². The van der Waals surface area contributed by atoms with Gasteiger partial charge in [-0.15, -0.1) is 0 Å². The lowest BCUT2D eigenvalue weighted by atomic mass is 9.96. The molecule has 0 aromatic rings. The second-order valence-electron chi connectivity index (χ2n) is 10.8. The number of hydrogen-bond donors (Lipinski definition) is 6. The second kappa shape index (κ2) is 19.0. The van der Waals surface area contributed by atoms with Gasteiger partial charge >= 0.3 is 11.9 Å². The first-order chi connectivity index (χ1) is 20.0. The number of likely N-dealkylation sites (tertiary alicyclic amines) is 1. The van der Waals surface area contributed by atoms with Crippen molar-refractivity contribution in [2.24, 2.45) is 11.7 Å². The highest BCUT2D eigenvalue weighted by molar-refractivity contribution is 5.86. The highest BCUT2D eigenvalue weighted by atomic mass is 16.4. The van der Waals surface area contributed by atoms with E-state index < -0.39 is 23.8 Å². The number of primary amides is 1. The Bertz CT molecular complexity index is 900. The molecule has 0 atom stereocenters. The Kier molecular flexibility index (Phi) is 15.7. The molecule has 2 saturated heterocycles. The molecule has 0 spiro atoms. The smallest absolute Gasteiger partial charge is 0.317 e. The lowest BCUT2D eigenvalue weighted by Gasteiger charge is -2.35. The van der Waals surface area contributed by atoms with E-state index in [0.29, 0.717) is 45.2 Å². The molecule has 0 aliphatic carbocycles. The minimum absolute atomic E-state index is 0.0460. The molecule has 238 valence electrons. The van der Waals surface area contributed by atoms with Gasteiger partial charge in [-0.25, -0.2) is 0 Å². The third kappa shape index (κ3) is 15.6. The van der Waals surface area contributed by atoms with Crippen LogP contribution >= 0.6 is 0 Å². The molecule has 2 rings (SSSR count). The van der Waals surface area contributed by atoms with Gasteiger partial charge in [-0.3, -0.25) is 43.5 Å². The van der Waals surface area contributed by atoms with Gasteiger partial charge in [-0.05, 0) is 31.8 Å². The van der Waals surface area contributed by atoms with Crippen LogP contribution in [0.2, 0.25) is 0 Å². The molecule has 4 amide bonds. The van der Waals surface area contributed by atoms with E-state index in [-0.39, 0.29) is 63.9 Å². The quantitative estimate of drug-likeness (QED) is 0.102. The molecular weight excluding hydrogens is 552 g/mol. The van der Waals surface area contributed by atoms with E-state index in [0.717, 1.165) is 32.5 Å². The van der Waals surface area contributed by atoms with Gasteiger partial charge in [0.1, 0.15) is 0 Å². The highest BCUT2D eigenvalue weighted by Crippen LogP contribution is 2.18. The van der Waals surface area contributed by atoms with Crippen LogP contribution in [-0.4, -0.2) is 164 Å². The summed E-state index contributed by atoms with van der Waals surface area (Å²) >= 11 is 0. The van der Waals surface area contributed by atoms with Gasteiger partial charge in [-0.1, -0.05) is 0 Å². The number of nitrogens with one attached hydrogen (secondary N) is 3. The summed E-state index contributed by atoms with van der Waals surface area (Å²) in [5.74, 6) is -2.88. The Labute approximate surface area is 245 Å². The maximum Gasteiger partial charge on any atom is 0.317 e. The fourth-order valence-corrected chi connectivity index (χ4v) is 4.99. The van der Waals surface area contributed by atoms with E-state index >= 15 is 0 Å². The van der Waals surface area contributed by atoms with Crippen molar-refractivity contribution in [3.8, 4) is 0 Å². The number of amides is 4. The molecule has 0 aromatic heterocycles. The molecule has 0 bridgehead atoms. The molecule has 2 aliphatic heterocycles. The van der Waals surface area contributed by atoms with E-state index in [2.05, 4.69) is 20.9 Å². The number of piperidine rings is 1. The van der Waals surface area contributed by atoms with Crippen LogP contribution in [0.25, 0.3) is 0 Å². The van der Waals surface area contributed by atoms with Crippen molar-refractivity contribution in [1.82, 2.24) is 35.6 Å². The topological polar surface area (TPSA) is 218 Å². The summed E-state index contributed by atoms with van der Waals surface area (Å²) in [5, 5.41) is 26.2. The number of carboxylic acids is 2. The highest BCUT2D eigenvalue weighted by Gasteiger charge is 2.25. The Morgan fingerprint density at radius 1 is 0.595 bits per heavy atom. The zero-order valence-corrected chi connectivity index (χ0v) is 24.2. The number of hydrogen-bond acceptors (Lipinski definition) is 10. The minimum atomic E-state index is -0.901. The lowest BCUT2D eigenvalue weighted by Crippen LogP contribution is -2.46. The Morgan fingerprint density at radius 2 is 1.07 bits per heavy atom. The van der Waals surface area contributed by atoms with Gasteiger partial charge in [0.15, 0.2) is 0 Å². The number of aliphatic carboxylic acids is 2. The molecule has 7 N–H and O–H groups in total. The van der Waals surface area contributed by atoms with Crippen molar-refractivity contribution in [3.63, 3.8) is 0 Å². The summed E-state index contributed by atoms with van der Waals surface area (Å²) in [6.07, 6.45) is 1.88. The van der Waals surface area contributed by atoms with E-state index in [1.807, 2.05) is 14.7 Å². The SMILES string of the molecule is NC(=O)CCNC(=O)CCNC(=O)CNC(=O)CN1CCC(CN2CCN(CC(=O)O)CCN(CC(=O)O)CC2)CC1. The van der Waals surface area contributed by atoms with Gasteiger partial charge < -0.3 is 36.8 Å². The summed E-state index contributed by atoms with van der Waals surface area (Å²) in [5.41, 5.74) is 5.00. The first-order valence-corrected chi connectivity index (χ1v) is 14.4. The fourth-order valence-electron chi connectivity index (χ4n) is 4.99. The predicted molar refractivity (Wildman–Crippen MR) is 151 cm³/mol. The monoisotopic (exact) mass is 598 g/mol. The average Bonchev–Trinajstić information content (AvgIpc) is 2.99. The molecule has 0 saturated carbocycles. The normalized spacial score (nSPS) is 18.3. The molecule has 16 heteroatoms. The van der Waals surface area contributed by atoms with Crippen molar-refractivity contribution in [1.29, 1.82) is 0 Å². The van der Waals surface area contributed by atoms with Gasteiger partial charge in [0.25, 0.3) is 0 Å². The Balaban J connectivity index is 1.67. The molecule has 0 unspecified atom stereocenters. The standard InChI is InChI=1S/C26H46N8O8/c27-21(35)1-5-28-22(36)2-6-29-23(37)15-30-24(38)17-31-7-3-20(4-8-31)16-32-9-11-33(18-25(39)40)13-14-34(12-10-32)19-26(41)42/h20H,1-19H2,(H2,27,35)(H,28,36)(H,29,37)(H,30,38)(H,39,40)(H,41,42). The van der Waals surface area contributed by atoms with Gasteiger partial charge in [0, 0.05) is 71.7 Å². The number of rotatable bonds is 16. The van der Waals surface area contributed by atoms with Crippen molar-refractivity contribution >= 4 is 35.6 Å². The van der Waals surface area contributed by atoms with Gasteiger partial charge in [0.2, 0.25) is 23.6 Å². The molecule has 0 radical (unpaired) electrons. The first kappa shape index (κ1) is 34.9. The van der Waals surface area contributed by atoms with E-state index in [4.69, 9.17) is 5.73 Å². The number of carboxylic acid groups (broad SMARTS) is 2. The summed E-state index contributed by atoms with van der Waals surface area (Å²) in [7, 11) is 0. The second-order valence-corrected chi connectivity index (χ2v) is 10.8. The van der Waals surface area contributed by atoms with Crippen LogP contribution in [0, 0.1) is 5.92 Å². The number of carbonyl (C=O) groups excluding carboxylic acids is 4. The fraction of sp³-hybridized carbons (Fsp3) is 0.769. The largest absolute Gasteiger partial charge is 0.480 e. The molecule has 2 fully saturated rings. The Morgan fingerprint density at radius 3 is 1.60 bits per heavy atom. The minimum Gasteiger partial charge on any atom is -0.480 e. The molecular formula is C26H46N8O8. The van der Waals surface area contributed by atoms with Crippen LogP contribution in [0.3, 0.4) is 0 Å². The van der Waals surface area contributed by atoms with Crippen LogP contribution < -0.4 is 21.7 Å². The average molecular weight is 599 g/mol. The Hall–Kier alpha value is -3.34. The zero-order valence-electron chi connectivity index (χ0n) is 24.2. The van der Waals surface area contributed by atoms with Crippen molar-refractivity contribution in [2.75, 3.05) is 98.2 Å². The van der Waals surface area contributed by atoms with Gasteiger partial charge in [0.05, 0.1) is 26.2 Å². The van der Waals surface area contributed by atoms with Crippen LogP contribution in [0.4, 0.5) is 0 Å². The maximum absolute atomic E-state index is 12.4. The number of nitrogens with two attached hydrogens (primary N) is 1. The summed E-state index contributed by atoms with van der Waals surface area (Å²) in [6, 6.07) is 0. The molecule has 16 nitrogen and oxygen atoms in total. The van der Waals surface area contributed by atoms with Crippen LogP contribution in [0.15, 0.2) is 0 Å². The van der Waals surface area contributed by atoms with Crippen LogP contribution in [-0.2, 0) is 28.8 Å². The molecule has 42 heavy (non-hydrogen) atoms. The maximum atomic E-state index is 12.4. The zero-order chi connectivity index (χ0) is 30.9. The first-order valence-electron chi connectivity index (χ1n) is 14.4. The summed E-state index contributed by atoms with van der Waals surface area (Å²) in [4.78, 5) is 77.2. The van der Waals surface area contributed by atoms with Crippen molar-refractivity contribution in [2.45, 2.75) is 25.7 Å². The number of carbonyl (C=O) groups is 6. The van der Waals surface area contributed by atoms with Crippen LogP contribution in [0.5, 0.6) is 0 Å². The van der Waals surface area contributed by atoms with Crippen molar-refractivity contribution < 1.29 is 39.0 Å². The van der Waals surface area contributed by atoms with E-state index in [9.17, 15) is 39.0 Å². The third-order valence-electron chi connectivity index (χ3n) is 7.32. The third-order valence-corrected chi connectivity index (χ3v) is 7.32. The number of nitrogens with zero attached hydrogens (tertiary/aromatic N) is 4. The summed E-state index contributed by atoms with van der Waals surface area (Å²) < 4.78 is 0. The van der Waals surface area contributed by atoms with E-state index in [1.165, 1.54) is 0 Å². The molecule has 2 heterocycles. The van der Waals surface area contributed by atoms with E-state index in [1.54, 1.807) is 0 Å². The van der Waals surface area contributed by atoms with Crippen molar-refractivity contribution in [3.05, 3.63) is 0 Å². The molecule has 0 aromatic carbocycles. The lowest BCUT2D eigenvalue weighted by molar-refractivity contribution is -0.140. The molecule has 2 aliphatic rings. The summed E-state index contributed by atoms with van der Waals surface area (Å²) in [6.45, 7) is 6.02. The predicted octanol–water partition coefficient (Wildman–Crippen LogP) is -3.60. The van der Waals surface area contributed by atoms with Gasteiger partial charge in [-0.2, -0.15) is 0 Å².